The number of fused-ring (bicyclic) bond motifs is 2. The van der Waals surface area contributed by atoms with Gasteiger partial charge in [-0.3, -0.25) is 4.79 Å². The fourth-order valence-electron chi connectivity index (χ4n) is 5.64. The summed E-state index contributed by atoms with van der Waals surface area (Å²) in [7, 11) is -4.13. The fourth-order valence-corrected chi connectivity index (χ4v) is 7.53. The molecule has 1 aliphatic heterocycles. The van der Waals surface area contributed by atoms with E-state index in [1.165, 1.54) is 37.3 Å². The van der Waals surface area contributed by atoms with Crippen molar-refractivity contribution in [2.24, 2.45) is 5.41 Å². The first-order valence-electron chi connectivity index (χ1n) is 11.8. The Labute approximate surface area is 209 Å². The predicted molar refractivity (Wildman–Crippen MR) is 134 cm³/mol. The highest BCUT2D eigenvalue weighted by Gasteiger charge is 2.53. The van der Waals surface area contributed by atoms with Gasteiger partial charge in [-0.2, -0.15) is 0 Å². The number of amides is 1. The van der Waals surface area contributed by atoms with Crippen LogP contribution in [0.2, 0.25) is 0 Å². The molecule has 0 saturated heterocycles. The van der Waals surface area contributed by atoms with Gasteiger partial charge < -0.3 is 4.90 Å². The van der Waals surface area contributed by atoms with Crippen molar-refractivity contribution in [3.63, 3.8) is 0 Å². The van der Waals surface area contributed by atoms with E-state index in [0.29, 0.717) is 12.0 Å². The van der Waals surface area contributed by atoms with E-state index in [1.807, 2.05) is 12.1 Å². The van der Waals surface area contributed by atoms with Gasteiger partial charge in [-0.15, -0.1) is 0 Å². The van der Waals surface area contributed by atoms with Crippen molar-refractivity contribution >= 4 is 37.5 Å². The molecule has 1 N–H and O–H groups in total. The smallest absolute Gasteiger partial charge is 0.258 e. The molecule has 0 bridgehead atoms. The van der Waals surface area contributed by atoms with E-state index in [1.54, 1.807) is 25.7 Å². The molecule has 0 unspecified atom stereocenters. The minimum Gasteiger partial charge on any atom is -0.307 e. The van der Waals surface area contributed by atoms with Crippen molar-refractivity contribution < 1.29 is 17.6 Å². The van der Waals surface area contributed by atoms with Crippen molar-refractivity contribution in [2.75, 3.05) is 11.4 Å². The maximum Gasteiger partial charge on any atom is 0.258 e. The second kappa shape index (κ2) is 7.87. The Morgan fingerprint density at radius 3 is 2.29 bits per heavy atom. The topological polar surface area (TPSA) is 66.5 Å². The number of nitrogens with one attached hydrogen (secondary N) is 1. The first-order chi connectivity index (χ1) is 15.8. The van der Waals surface area contributed by atoms with Crippen molar-refractivity contribution in [1.82, 2.24) is 4.72 Å². The standard InChI is InChI=1S/C26H30BrFN2O3S/c1-24(2,3)29-34(32,33)22-14-17(4-6-20(22)28)23(31)30-16-26(12-10-25(8-9-25)11-13-26)19-15-18(27)5-7-21(19)30/h4-7,14-15,29H,8-13,16H2,1-3H3. The highest BCUT2D eigenvalue weighted by molar-refractivity contribution is 9.10. The van der Waals surface area contributed by atoms with Crippen molar-refractivity contribution in [1.29, 1.82) is 0 Å². The third kappa shape index (κ3) is 4.22. The lowest BCUT2D eigenvalue weighted by Gasteiger charge is -2.38. The van der Waals surface area contributed by atoms with Crippen LogP contribution in [0.4, 0.5) is 10.1 Å². The van der Waals surface area contributed by atoms with E-state index >= 15 is 0 Å². The van der Waals surface area contributed by atoms with Gasteiger partial charge in [0, 0.05) is 33.2 Å². The zero-order valence-corrected chi connectivity index (χ0v) is 22.2. The Morgan fingerprint density at radius 1 is 1.03 bits per heavy atom. The molecule has 2 saturated carbocycles. The van der Waals surface area contributed by atoms with Crippen molar-refractivity contribution in [3.8, 4) is 0 Å². The third-order valence-electron chi connectivity index (χ3n) is 7.66. The number of benzene rings is 2. The van der Waals surface area contributed by atoms with Gasteiger partial charge in [-0.05, 0) is 107 Å². The largest absolute Gasteiger partial charge is 0.307 e. The molecule has 2 spiro atoms. The van der Waals surface area contributed by atoms with Crippen LogP contribution in [-0.4, -0.2) is 26.4 Å². The van der Waals surface area contributed by atoms with Gasteiger partial charge in [0.05, 0.1) is 0 Å². The summed E-state index contributed by atoms with van der Waals surface area (Å²) in [5, 5.41) is 0. The number of sulfonamides is 1. The predicted octanol–water partition coefficient (Wildman–Crippen LogP) is 5.92. The quantitative estimate of drug-likeness (QED) is 0.517. The number of anilines is 1. The van der Waals surface area contributed by atoms with Crippen LogP contribution in [0, 0.1) is 11.2 Å². The molecule has 1 amide bonds. The van der Waals surface area contributed by atoms with E-state index in [2.05, 4.69) is 26.7 Å². The summed E-state index contributed by atoms with van der Waals surface area (Å²) in [5.41, 5.74) is 1.85. The van der Waals surface area contributed by atoms with Crippen LogP contribution in [0.3, 0.4) is 0 Å². The zero-order valence-electron chi connectivity index (χ0n) is 19.7. The summed E-state index contributed by atoms with van der Waals surface area (Å²) in [6.07, 6.45) is 7.06. The molecule has 34 heavy (non-hydrogen) atoms. The van der Waals surface area contributed by atoms with Crippen LogP contribution in [-0.2, 0) is 15.4 Å². The molecule has 0 radical (unpaired) electrons. The van der Waals surface area contributed by atoms with Crippen LogP contribution in [0.1, 0.15) is 75.2 Å². The Bertz CT molecular complexity index is 1270. The molecule has 2 fully saturated rings. The Kier molecular flexibility index (Phi) is 5.54. The van der Waals surface area contributed by atoms with Gasteiger partial charge in [0.2, 0.25) is 10.0 Å². The zero-order chi connectivity index (χ0) is 24.5. The molecule has 2 aromatic carbocycles. The van der Waals surface area contributed by atoms with Crippen molar-refractivity contribution in [2.45, 2.75) is 75.1 Å². The molecule has 2 aromatic rings. The Balaban J connectivity index is 1.50. The lowest BCUT2D eigenvalue weighted by molar-refractivity contribution is 0.0980. The Morgan fingerprint density at radius 2 is 1.68 bits per heavy atom. The number of halogens is 2. The first-order valence-corrected chi connectivity index (χ1v) is 14.1. The summed E-state index contributed by atoms with van der Waals surface area (Å²) >= 11 is 3.60. The molecule has 182 valence electrons. The lowest BCUT2D eigenvalue weighted by atomic mass is 9.66. The van der Waals surface area contributed by atoms with Crippen LogP contribution in [0.15, 0.2) is 45.8 Å². The molecular weight excluding hydrogens is 519 g/mol. The maximum atomic E-state index is 14.6. The van der Waals surface area contributed by atoms with Gasteiger partial charge in [0.25, 0.3) is 5.91 Å². The van der Waals surface area contributed by atoms with E-state index in [-0.39, 0.29) is 16.9 Å². The first kappa shape index (κ1) is 23.9. The van der Waals surface area contributed by atoms with E-state index in [4.69, 9.17) is 0 Å². The van der Waals surface area contributed by atoms with Gasteiger partial charge in [0.1, 0.15) is 10.7 Å². The van der Waals surface area contributed by atoms with Crippen LogP contribution >= 0.6 is 15.9 Å². The summed E-state index contributed by atoms with van der Waals surface area (Å²) < 4.78 is 43.7. The normalized spacial score (nSPS) is 20.6. The van der Waals surface area contributed by atoms with E-state index < -0.39 is 26.3 Å². The van der Waals surface area contributed by atoms with Gasteiger partial charge >= 0.3 is 0 Å². The van der Waals surface area contributed by atoms with Gasteiger partial charge in [-0.25, -0.2) is 17.5 Å². The third-order valence-corrected chi connectivity index (χ3v) is 9.93. The molecule has 2 aliphatic carbocycles. The highest BCUT2D eigenvalue weighted by atomic mass is 79.9. The minimum absolute atomic E-state index is 0.0919. The summed E-state index contributed by atoms with van der Waals surface area (Å²) in [4.78, 5) is 15.0. The number of carbonyl (C=O) groups is 1. The van der Waals surface area contributed by atoms with Crippen molar-refractivity contribution in [3.05, 3.63) is 57.8 Å². The number of nitrogens with zero attached hydrogens (tertiary/aromatic N) is 1. The number of hydrogen-bond donors (Lipinski definition) is 1. The SMILES string of the molecule is CC(C)(C)NS(=O)(=O)c1cc(C(=O)N2CC3(CCC4(CC4)CC3)c3cc(Br)ccc32)ccc1F. The van der Waals surface area contributed by atoms with Crippen LogP contribution in [0.25, 0.3) is 0 Å². The maximum absolute atomic E-state index is 14.6. The summed E-state index contributed by atoms with van der Waals surface area (Å²) in [6.45, 7) is 5.62. The molecule has 8 heteroatoms. The molecule has 3 aliphatic rings. The average Bonchev–Trinajstić information content (AvgIpc) is 3.44. The second-order valence-corrected chi connectivity index (χ2v) is 13.9. The van der Waals surface area contributed by atoms with Gasteiger partial charge in [0.15, 0.2) is 0 Å². The number of carbonyl (C=O) groups excluding carboxylic acids is 1. The summed E-state index contributed by atoms with van der Waals surface area (Å²) in [5.74, 6) is -1.18. The minimum atomic E-state index is -4.13. The average molecular weight is 550 g/mol. The van der Waals surface area contributed by atoms with Crippen LogP contribution < -0.4 is 9.62 Å². The Hall–Kier alpha value is -1.77. The highest BCUT2D eigenvalue weighted by Crippen LogP contribution is 2.62. The fraction of sp³-hybridized carbons (Fsp3) is 0.500. The molecular formula is C26H30BrFN2O3S. The van der Waals surface area contributed by atoms with E-state index in [0.717, 1.165) is 35.1 Å². The number of hydrogen-bond acceptors (Lipinski definition) is 3. The molecule has 0 atom stereocenters. The number of rotatable bonds is 3. The molecule has 5 nitrogen and oxygen atoms in total. The molecule has 1 heterocycles. The second-order valence-electron chi connectivity index (χ2n) is 11.3. The monoisotopic (exact) mass is 548 g/mol. The molecule has 0 aromatic heterocycles. The lowest BCUT2D eigenvalue weighted by Crippen LogP contribution is -2.41. The van der Waals surface area contributed by atoms with Gasteiger partial charge in [-0.1, -0.05) is 15.9 Å². The van der Waals surface area contributed by atoms with E-state index in [9.17, 15) is 17.6 Å². The van der Waals surface area contributed by atoms with Crippen LogP contribution in [0.5, 0.6) is 0 Å². The molecule has 5 rings (SSSR count). The summed E-state index contributed by atoms with van der Waals surface area (Å²) in [6, 6.07) is 9.61.